The maximum absolute atomic E-state index is 12.8. The number of nitrogens with zero attached hydrogens (tertiary/aromatic N) is 3. The van der Waals surface area contributed by atoms with Crippen molar-refractivity contribution in [3.63, 3.8) is 0 Å². The van der Waals surface area contributed by atoms with Crippen LogP contribution in [-0.2, 0) is 6.42 Å². The first kappa shape index (κ1) is 15.3. The molecular weight excluding hydrogens is 318 g/mol. The quantitative estimate of drug-likeness (QED) is 0.779. The molecule has 0 radical (unpaired) electrons. The minimum absolute atomic E-state index is 0.0679. The molecule has 3 aromatic rings. The van der Waals surface area contributed by atoms with Crippen LogP contribution >= 0.6 is 0 Å². The highest BCUT2D eigenvalue weighted by atomic mass is 16.4. The number of carboxylic acids is 1. The van der Waals surface area contributed by atoms with Crippen LogP contribution in [0, 0.1) is 0 Å². The number of allylic oxidation sites excluding steroid dienone is 1. The van der Waals surface area contributed by atoms with Gasteiger partial charge in [0.15, 0.2) is 0 Å². The molecule has 0 aliphatic heterocycles. The molecule has 0 fully saturated rings. The minimum Gasteiger partial charge on any atom is -0.478 e. The second kappa shape index (κ2) is 5.98. The third kappa shape index (κ3) is 2.71. The molecule has 3 aromatic heterocycles. The zero-order valence-electron chi connectivity index (χ0n) is 13.3. The van der Waals surface area contributed by atoms with E-state index in [9.17, 15) is 9.59 Å². The van der Waals surface area contributed by atoms with Crippen LogP contribution in [0.5, 0.6) is 0 Å². The normalized spacial score (nSPS) is 15.3. The maximum atomic E-state index is 12.8. The summed E-state index contributed by atoms with van der Waals surface area (Å²) < 4.78 is 1.33. The lowest BCUT2D eigenvalue weighted by molar-refractivity contribution is 0.0696. The lowest BCUT2D eigenvalue weighted by Gasteiger charge is -2.18. The molecule has 0 spiro atoms. The summed E-state index contributed by atoms with van der Waals surface area (Å²) in [5.41, 5.74) is 3.65. The first-order valence-electron chi connectivity index (χ1n) is 8.03. The van der Waals surface area contributed by atoms with Gasteiger partial charge >= 0.3 is 5.97 Å². The number of hydrogen-bond acceptors (Lipinski definition) is 4. The Hall–Kier alpha value is -3.28. The van der Waals surface area contributed by atoms with Crippen LogP contribution in [-0.4, -0.2) is 25.4 Å². The van der Waals surface area contributed by atoms with Crippen LogP contribution in [0.1, 0.15) is 40.0 Å². The standard InChI is InChI=1S/C19H15N3O3/c23-18-15-5-1-4-13(9-12-3-2-8-20-10-12)17(15)21-16-7-6-14(19(24)25)11-22(16)18/h2-3,6-11H,1,4-5H2,(H,24,25)/b13-9-. The van der Waals surface area contributed by atoms with E-state index >= 15 is 0 Å². The maximum Gasteiger partial charge on any atom is 0.337 e. The predicted octanol–water partition coefficient (Wildman–Crippen LogP) is 2.66. The molecule has 0 saturated heterocycles. The fraction of sp³-hybridized carbons (Fsp3) is 0.158. The van der Waals surface area contributed by atoms with E-state index in [-0.39, 0.29) is 11.1 Å². The first-order chi connectivity index (χ1) is 12.1. The molecule has 1 aliphatic rings. The molecule has 1 N–H and O–H groups in total. The van der Waals surface area contributed by atoms with E-state index in [4.69, 9.17) is 5.11 Å². The topological polar surface area (TPSA) is 84.6 Å². The van der Waals surface area contributed by atoms with Crippen LogP contribution in [0.3, 0.4) is 0 Å². The van der Waals surface area contributed by atoms with Gasteiger partial charge in [0.2, 0.25) is 0 Å². The van der Waals surface area contributed by atoms with Crippen molar-refractivity contribution in [1.29, 1.82) is 0 Å². The van der Waals surface area contributed by atoms with Crippen molar-refractivity contribution in [2.24, 2.45) is 0 Å². The number of rotatable bonds is 2. The van der Waals surface area contributed by atoms with Gasteiger partial charge in [-0.25, -0.2) is 9.78 Å². The molecule has 1 aliphatic carbocycles. The van der Waals surface area contributed by atoms with E-state index in [1.165, 1.54) is 16.7 Å². The fourth-order valence-corrected chi connectivity index (χ4v) is 3.17. The summed E-state index contributed by atoms with van der Waals surface area (Å²) in [6.45, 7) is 0. The molecule has 0 aromatic carbocycles. The highest BCUT2D eigenvalue weighted by Gasteiger charge is 2.21. The van der Waals surface area contributed by atoms with Crippen LogP contribution in [0.4, 0.5) is 0 Å². The fourth-order valence-electron chi connectivity index (χ4n) is 3.17. The van der Waals surface area contributed by atoms with Gasteiger partial charge in [-0.2, -0.15) is 0 Å². The largest absolute Gasteiger partial charge is 0.478 e. The Balaban J connectivity index is 1.92. The van der Waals surface area contributed by atoms with Gasteiger partial charge in [-0.15, -0.1) is 0 Å². The van der Waals surface area contributed by atoms with Crippen LogP contribution in [0.25, 0.3) is 17.3 Å². The molecule has 4 rings (SSSR count). The Morgan fingerprint density at radius 2 is 2.12 bits per heavy atom. The van der Waals surface area contributed by atoms with Gasteiger partial charge < -0.3 is 5.11 Å². The van der Waals surface area contributed by atoms with Gasteiger partial charge in [0.1, 0.15) is 5.65 Å². The van der Waals surface area contributed by atoms with Gasteiger partial charge in [-0.1, -0.05) is 6.07 Å². The molecule has 3 heterocycles. The predicted molar refractivity (Wildman–Crippen MR) is 93.5 cm³/mol. The highest BCUT2D eigenvalue weighted by Crippen LogP contribution is 2.29. The number of hydrogen-bond donors (Lipinski definition) is 1. The number of aromatic nitrogens is 3. The Labute approximate surface area is 143 Å². The van der Waals surface area contributed by atoms with E-state index in [1.807, 2.05) is 18.2 Å². The summed E-state index contributed by atoms with van der Waals surface area (Å²) in [6.07, 6.45) is 9.19. The number of aromatic carboxylic acids is 1. The number of fused-ring (bicyclic) bond motifs is 2. The molecule has 0 bridgehead atoms. The van der Waals surface area contributed by atoms with E-state index in [0.717, 1.165) is 24.0 Å². The van der Waals surface area contributed by atoms with E-state index in [1.54, 1.807) is 18.5 Å². The SMILES string of the molecule is O=C(O)c1ccc2nc3c(c(=O)n2c1)CCC/C3=C/c1cccnc1. The molecule has 124 valence electrons. The van der Waals surface area contributed by atoms with Crippen LogP contribution in [0.15, 0.2) is 47.7 Å². The van der Waals surface area contributed by atoms with Crippen molar-refractivity contribution in [2.75, 3.05) is 0 Å². The van der Waals surface area contributed by atoms with E-state index < -0.39 is 5.97 Å². The monoisotopic (exact) mass is 333 g/mol. The smallest absolute Gasteiger partial charge is 0.337 e. The number of carbonyl (C=O) groups is 1. The molecule has 0 amide bonds. The van der Waals surface area contributed by atoms with Gasteiger partial charge in [0.25, 0.3) is 5.56 Å². The van der Waals surface area contributed by atoms with Gasteiger partial charge in [-0.3, -0.25) is 14.2 Å². The summed E-state index contributed by atoms with van der Waals surface area (Å²) in [7, 11) is 0. The lowest BCUT2D eigenvalue weighted by atomic mass is 9.91. The Bertz CT molecular complexity index is 1070. The Morgan fingerprint density at radius 1 is 1.24 bits per heavy atom. The van der Waals surface area contributed by atoms with Gasteiger partial charge in [0, 0.05) is 24.2 Å². The summed E-state index contributed by atoms with van der Waals surface area (Å²) in [4.78, 5) is 32.7. The Morgan fingerprint density at radius 3 is 2.88 bits per heavy atom. The Kier molecular flexibility index (Phi) is 3.65. The number of pyridine rings is 2. The second-order valence-electron chi connectivity index (χ2n) is 6.00. The average molecular weight is 333 g/mol. The van der Waals surface area contributed by atoms with Crippen molar-refractivity contribution in [1.82, 2.24) is 14.4 Å². The third-order valence-corrected chi connectivity index (χ3v) is 4.37. The first-order valence-corrected chi connectivity index (χ1v) is 8.03. The van der Waals surface area contributed by atoms with Crippen molar-refractivity contribution in [3.8, 4) is 0 Å². The molecule has 6 nitrogen and oxygen atoms in total. The molecule has 0 atom stereocenters. The lowest BCUT2D eigenvalue weighted by Crippen LogP contribution is -2.25. The minimum atomic E-state index is -1.07. The van der Waals surface area contributed by atoms with Crippen LogP contribution in [0.2, 0.25) is 0 Å². The molecule has 25 heavy (non-hydrogen) atoms. The van der Waals surface area contributed by atoms with Crippen LogP contribution < -0.4 is 5.56 Å². The molecule has 6 heteroatoms. The second-order valence-corrected chi connectivity index (χ2v) is 6.00. The van der Waals surface area contributed by atoms with E-state index in [0.29, 0.717) is 23.3 Å². The molecular formula is C19H15N3O3. The van der Waals surface area contributed by atoms with Gasteiger partial charge in [-0.05, 0) is 54.7 Å². The summed E-state index contributed by atoms with van der Waals surface area (Å²) in [6, 6.07) is 6.86. The summed E-state index contributed by atoms with van der Waals surface area (Å²) in [5.74, 6) is -1.07. The summed E-state index contributed by atoms with van der Waals surface area (Å²) in [5, 5.41) is 9.13. The number of carboxylic acid groups (broad SMARTS) is 1. The summed E-state index contributed by atoms with van der Waals surface area (Å²) >= 11 is 0. The third-order valence-electron chi connectivity index (χ3n) is 4.37. The molecule has 0 unspecified atom stereocenters. The average Bonchev–Trinajstić information content (AvgIpc) is 2.63. The van der Waals surface area contributed by atoms with Crippen molar-refractivity contribution < 1.29 is 9.90 Å². The molecule has 0 saturated carbocycles. The van der Waals surface area contributed by atoms with Crippen molar-refractivity contribution >= 4 is 23.3 Å². The van der Waals surface area contributed by atoms with Gasteiger partial charge in [0.05, 0.1) is 11.3 Å². The zero-order chi connectivity index (χ0) is 17.4. The van der Waals surface area contributed by atoms with E-state index in [2.05, 4.69) is 9.97 Å². The van der Waals surface area contributed by atoms with Crippen molar-refractivity contribution in [2.45, 2.75) is 19.3 Å². The van der Waals surface area contributed by atoms with Crippen molar-refractivity contribution in [3.05, 3.63) is 75.6 Å². The highest BCUT2D eigenvalue weighted by molar-refractivity contribution is 5.87. The zero-order valence-corrected chi connectivity index (χ0v) is 13.3.